The molecule has 0 saturated heterocycles. The molecule has 0 saturated carbocycles. The number of ether oxygens (including phenoxy) is 1. The van der Waals surface area contributed by atoms with E-state index < -0.39 is 12.1 Å². The lowest BCUT2D eigenvalue weighted by molar-refractivity contribution is -0.192. The van der Waals surface area contributed by atoms with Gasteiger partial charge >= 0.3 is 12.1 Å². The fraction of sp³-hybridized carbons (Fsp3) is 0.500. The number of pyridine rings is 1. The van der Waals surface area contributed by atoms with Crippen LogP contribution in [0, 0.1) is 5.92 Å². The monoisotopic (exact) mass is 318 g/mol. The van der Waals surface area contributed by atoms with Crippen LogP contribution in [-0.4, -0.2) is 41.6 Å². The number of carboxylic acids is 1. The first-order valence-corrected chi connectivity index (χ1v) is 6.57. The summed E-state index contributed by atoms with van der Waals surface area (Å²) in [5.74, 6) is -1.24. The van der Waals surface area contributed by atoms with E-state index in [4.69, 9.17) is 14.6 Å². The fourth-order valence-electron chi connectivity index (χ4n) is 1.74. The highest BCUT2D eigenvalue weighted by atomic mass is 19.4. The van der Waals surface area contributed by atoms with Crippen LogP contribution in [0.3, 0.4) is 0 Å². The van der Waals surface area contributed by atoms with E-state index in [0.29, 0.717) is 5.92 Å². The molecule has 1 aliphatic heterocycles. The van der Waals surface area contributed by atoms with Gasteiger partial charge in [0.25, 0.3) is 0 Å². The normalized spacial score (nSPS) is 17.9. The second kappa shape index (κ2) is 7.77. The van der Waals surface area contributed by atoms with Crippen molar-refractivity contribution in [3.05, 3.63) is 24.0 Å². The molecule has 1 aliphatic rings. The van der Waals surface area contributed by atoms with Gasteiger partial charge in [-0.25, -0.2) is 4.79 Å². The van der Waals surface area contributed by atoms with Crippen molar-refractivity contribution in [2.75, 3.05) is 13.7 Å². The van der Waals surface area contributed by atoms with Gasteiger partial charge in [-0.2, -0.15) is 13.2 Å². The van der Waals surface area contributed by atoms with E-state index in [2.05, 4.69) is 16.9 Å². The third-order valence-electron chi connectivity index (χ3n) is 2.99. The van der Waals surface area contributed by atoms with Gasteiger partial charge < -0.3 is 9.84 Å². The molecule has 122 valence electrons. The number of hydrogen-bond donors (Lipinski definition) is 1. The molecule has 5 nitrogen and oxygen atoms in total. The number of nitrogens with zero attached hydrogens (tertiary/aromatic N) is 2. The van der Waals surface area contributed by atoms with Gasteiger partial charge in [0.15, 0.2) is 0 Å². The molecule has 8 heteroatoms. The summed E-state index contributed by atoms with van der Waals surface area (Å²) in [5.41, 5.74) is 2.26. The standard InChI is InChI=1S/C12H16N2O.C2HF3O2/c1-9-3-4-12(14-6-9)10-5-11(15-2)8-13-7-10;3-2(4,5)1(6)7/h5,7-9H,3-4,6H2,1-2H3;(H,6,7). The van der Waals surface area contributed by atoms with Crippen LogP contribution in [0.25, 0.3) is 0 Å². The molecular formula is C14H17F3N2O3. The summed E-state index contributed by atoms with van der Waals surface area (Å²) in [4.78, 5) is 17.6. The highest BCUT2D eigenvalue weighted by Crippen LogP contribution is 2.19. The van der Waals surface area contributed by atoms with Crippen molar-refractivity contribution in [3.63, 3.8) is 0 Å². The lowest BCUT2D eigenvalue weighted by Crippen LogP contribution is -2.21. The number of methoxy groups -OCH3 is 1. The Bertz CT molecular complexity index is 544. The molecule has 0 amide bonds. The van der Waals surface area contributed by atoms with E-state index in [1.165, 1.54) is 12.1 Å². The minimum absolute atomic E-state index is 0.715. The van der Waals surface area contributed by atoms with Crippen molar-refractivity contribution in [2.24, 2.45) is 10.9 Å². The molecular weight excluding hydrogens is 301 g/mol. The van der Waals surface area contributed by atoms with E-state index in [9.17, 15) is 13.2 Å². The number of aliphatic imine (C=N–C) groups is 1. The van der Waals surface area contributed by atoms with Gasteiger partial charge in [-0.15, -0.1) is 0 Å². The van der Waals surface area contributed by atoms with Gasteiger partial charge in [-0.1, -0.05) is 6.92 Å². The van der Waals surface area contributed by atoms with Crippen LogP contribution < -0.4 is 4.74 Å². The van der Waals surface area contributed by atoms with Crippen molar-refractivity contribution in [1.82, 2.24) is 4.98 Å². The number of aromatic nitrogens is 1. The summed E-state index contributed by atoms with van der Waals surface area (Å²) < 4.78 is 36.9. The molecule has 1 aromatic heterocycles. The Morgan fingerprint density at radius 3 is 2.50 bits per heavy atom. The quantitative estimate of drug-likeness (QED) is 0.910. The smallest absolute Gasteiger partial charge is 0.490 e. The Labute approximate surface area is 125 Å². The number of rotatable bonds is 2. The van der Waals surface area contributed by atoms with Gasteiger partial charge in [0, 0.05) is 24.0 Å². The molecule has 1 aromatic rings. The van der Waals surface area contributed by atoms with Crippen molar-refractivity contribution >= 4 is 11.7 Å². The second-order valence-corrected chi connectivity index (χ2v) is 4.85. The molecule has 1 unspecified atom stereocenters. The van der Waals surface area contributed by atoms with E-state index in [1.807, 2.05) is 12.3 Å². The van der Waals surface area contributed by atoms with E-state index in [0.717, 1.165) is 24.3 Å². The number of halogens is 3. The minimum atomic E-state index is -5.08. The number of aliphatic carboxylic acids is 1. The van der Waals surface area contributed by atoms with Gasteiger partial charge in [-0.05, 0) is 24.8 Å². The molecule has 0 spiro atoms. The zero-order valence-electron chi connectivity index (χ0n) is 12.2. The molecule has 0 aromatic carbocycles. The van der Waals surface area contributed by atoms with Gasteiger partial charge in [0.05, 0.1) is 13.3 Å². The van der Waals surface area contributed by atoms with Crippen LogP contribution in [0.4, 0.5) is 13.2 Å². The summed E-state index contributed by atoms with van der Waals surface area (Å²) in [6, 6.07) is 2.00. The third-order valence-corrected chi connectivity index (χ3v) is 2.99. The van der Waals surface area contributed by atoms with Crippen molar-refractivity contribution in [1.29, 1.82) is 0 Å². The van der Waals surface area contributed by atoms with Crippen molar-refractivity contribution < 1.29 is 27.8 Å². The highest BCUT2D eigenvalue weighted by molar-refractivity contribution is 6.00. The number of carboxylic acid groups (broad SMARTS) is 1. The Kier molecular flexibility index (Phi) is 6.33. The third kappa shape index (κ3) is 5.71. The Morgan fingerprint density at radius 1 is 1.41 bits per heavy atom. The fourth-order valence-corrected chi connectivity index (χ4v) is 1.74. The second-order valence-electron chi connectivity index (χ2n) is 4.85. The number of hydrogen-bond acceptors (Lipinski definition) is 4. The van der Waals surface area contributed by atoms with Crippen LogP contribution in [0.5, 0.6) is 5.75 Å². The Hall–Kier alpha value is -2.12. The molecule has 22 heavy (non-hydrogen) atoms. The summed E-state index contributed by atoms with van der Waals surface area (Å²) in [6.45, 7) is 3.18. The first-order valence-electron chi connectivity index (χ1n) is 6.57. The molecule has 0 fully saturated rings. The summed E-state index contributed by atoms with van der Waals surface area (Å²) in [7, 11) is 1.66. The molecule has 0 bridgehead atoms. The largest absolute Gasteiger partial charge is 0.495 e. The lowest BCUT2D eigenvalue weighted by atomic mass is 9.97. The summed E-state index contributed by atoms with van der Waals surface area (Å²) >= 11 is 0. The van der Waals surface area contributed by atoms with Crippen LogP contribution in [0.15, 0.2) is 23.5 Å². The van der Waals surface area contributed by atoms with Gasteiger partial charge in [-0.3, -0.25) is 9.98 Å². The minimum Gasteiger partial charge on any atom is -0.495 e. The van der Waals surface area contributed by atoms with Crippen LogP contribution >= 0.6 is 0 Å². The molecule has 2 rings (SSSR count). The summed E-state index contributed by atoms with van der Waals surface area (Å²) in [6.07, 6.45) is 0.763. The Morgan fingerprint density at radius 2 is 2.05 bits per heavy atom. The van der Waals surface area contributed by atoms with E-state index >= 15 is 0 Å². The van der Waals surface area contributed by atoms with Gasteiger partial charge in [0.1, 0.15) is 5.75 Å². The topological polar surface area (TPSA) is 71.8 Å². The molecule has 1 atom stereocenters. The molecule has 0 radical (unpaired) electrons. The zero-order chi connectivity index (χ0) is 16.8. The first kappa shape index (κ1) is 17.9. The molecule has 1 N–H and O–H groups in total. The van der Waals surface area contributed by atoms with Crippen molar-refractivity contribution in [3.8, 4) is 5.75 Å². The first-order chi connectivity index (χ1) is 10.2. The number of alkyl halides is 3. The van der Waals surface area contributed by atoms with E-state index in [-0.39, 0.29) is 0 Å². The predicted octanol–water partition coefficient (Wildman–Crippen LogP) is 2.94. The Balaban J connectivity index is 0.000000295. The SMILES string of the molecule is COc1cncc(C2=NCC(C)CC2)c1.O=C(O)C(F)(F)F. The lowest BCUT2D eigenvalue weighted by Gasteiger charge is -2.17. The van der Waals surface area contributed by atoms with Crippen LogP contribution in [-0.2, 0) is 4.79 Å². The maximum Gasteiger partial charge on any atom is 0.490 e. The maximum atomic E-state index is 10.6. The average Bonchev–Trinajstić information content (AvgIpc) is 2.47. The summed E-state index contributed by atoms with van der Waals surface area (Å²) in [5, 5.41) is 7.12. The number of carbonyl (C=O) groups is 1. The molecule has 0 aliphatic carbocycles. The van der Waals surface area contributed by atoms with E-state index in [1.54, 1.807) is 13.3 Å². The maximum absolute atomic E-state index is 10.6. The van der Waals surface area contributed by atoms with Crippen LogP contribution in [0.1, 0.15) is 25.3 Å². The zero-order valence-corrected chi connectivity index (χ0v) is 12.2. The average molecular weight is 318 g/mol. The highest BCUT2D eigenvalue weighted by Gasteiger charge is 2.38. The molecule has 2 heterocycles. The van der Waals surface area contributed by atoms with Crippen molar-refractivity contribution in [2.45, 2.75) is 25.9 Å². The van der Waals surface area contributed by atoms with Crippen LogP contribution in [0.2, 0.25) is 0 Å². The predicted molar refractivity (Wildman–Crippen MR) is 74.3 cm³/mol. The van der Waals surface area contributed by atoms with Gasteiger partial charge in [0.2, 0.25) is 0 Å².